The number of carbonyl (C=O) groups excluding carboxylic acids is 2. The van der Waals surface area contributed by atoms with Gasteiger partial charge in [0.05, 0.1) is 6.04 Å². The SMILES string of the molecule is CC(=O)OC/C=C\c1ccccc1NC(=S)[C@H](C)NC(=O)OCc1ccccc1. The summed E-state index contributed by atoms with van der Waals surface area (Å²) in [5, 5.41) is 5.86. The second-order valence-electron chi connectivity index (χ2n) is 6.21. The maximum absolute atomic E-state index is 12.0. The van der Waals surface area contributed by atoms with Gasteiger partial charge in [-0.2, -0.15) is 0 Å². The van der Waals surface area contributed by atoms with E-state index in [0.717, 1.165) is 16.8 Å². The zero-order valence-corrected chi connectivity index (χ0v) is 17.2. The molecule has 152 valence electrons. The first kappa shape index (κ1) is 22.1. The second-order valence-corrected chi connectivity index (χ2v) is 6.65. The van der Waals surface area contributed by atoms with Crippen LogP contribution in [0.2, 0.25) is 0 Å². The Bertz CT molecular complexity index is 868. The van der Waals surface area contributed by atoms with Gasteiger partial charge >= 0.3 is 12.1 Å². The lowest BCUT2D eigenvalue weighted by Gasteiger charge is -2.18. The number of rotatable bonds is 8. The van der Waals surface area contributed by atoms with Gasteiger partial charge in [0.1, 0.15) is 18.2 Å². The molecule has 1 amide bonds. The molecule has 0 saturated heterocycles. The predicted molar refractivity (Wildman–Crippen MR) is 118 cm³/mol. The molecule has 6 nitrogen and oxygen atoms in total. The predicted octanol–water partition coefficient (Wildman–Crippen LogP) is 4.32. The van der Waals surface area contributed by atoms with E-state index in [4.69, 9.17) is 21.7 Å². The average Bonchev–Trinajstić information content (AvgIpc) is 2.71. The molecule has 0 heterocycles. The summed E-state index contributed by atoms with van der Waals surface area (Å²) >= 11 is 5.41. The molecule has 0 saturated carbocycles. The summed E-state index contributed by atoms with van der Waals surface area (Å²) in [7, 11) is 0. The Kier molecular flexibility index (Phi) is 8.85. The lowest BCUT2D eigenvalue weighted by molar-refractivity contribution is -0.139. The molecule has 0 aromatic heterocycles. The zero-order chi connectivity index (χ0) is 21.1. The Morgan fingerprint density at radius 2 is 1.76 bits per heavy atom. The molecule has 0 fully saturated rings. The van der Waals surface area contributed by atoms with Crippen LogP contribution in [0.25, 0.3) is 6.08 Å². The number of esters is 1. The minimum Gasteiger partial charge on any atom is -0.462 e. The Morgan fingerprint density at radius 3 is 2.48 bits per heavy atom. The molecule has 0 radical (unpaired) electrons. The van der Waals surface area contributed by atoms with E-state index in [1.165, 1.54) is 6.92 Å². The number of ether oxygens (including phenoxy) is 2. The fourth-order valence-corrected chi connectivity index (χ4v) is 2.51. The van der Waals surface area contributed by atoms with Crippen molar-refractivity contribution in [1.29, 1.82) is 0 Å². The van der Waals surface area contributed by atoms with Gasteiger partial charge in [-0.25, -0.2) is 4.79 Å². The minimum absolute atomic E-state index is 0.190. The topological polar surface area (TPSA) is 76.7 Å². The highest BCUT2D eigenvalue weighted by Crippen LogP contribution is 2.17. The fourth-order valence-electron chi connectivity index (χ4n) is 2.34. The number of thiocarbonyl (C=S) groups is 1. The van der Waals surface area contributed by atoms with Gasteiger partial charge in [0.25, 0.3) is 0 Å². The maximum Gasteiger partial charge on any atom is 0.408 e. The van der Waals surface area contributed by atoms with Crippen molar-refractivity contribution in [3.05, 3.63) is 71.8 Å². The van der Waals surface area contributed by atoms with Gasteiger partial charge in [-0.1, -0.05) is 66.8 Å². The molecule has 0 bridgehead atoms. The zero-order valence-electron chi connectivity index (χ0n) is 16.4. The number of carbonyl (C=O) groups is 2. The first-order chi connectivity index (χ1) is 14.0. The smallest absolute Gasteiger partial charge is 0.408 e. The molecule has 0 aliphatic heterocycles. The van der Waals surface area contributed by atoms with Crippen molar-refractivity contribution in [2.45, 2.75) is 26.5 Å². The first-order valence-electron chi connectivity index (χ1n) is 9.12. The van der Waals surface area contributed by atoms with E-state index in [1.54, 1.807) is 13.0 Å². The van der Waals surface area contributed by atoms with E-state index in [-0.39, 0.29) is 19.2 Å². The van der Waals surface area contributed by atoms with E-state index < -0.39 is 12.1 Å². The lowest BCUT2D eigenvalue weighted by atomic mass is 10.1. The van der Waals surface area contributed by atoms with Crippen LogP contribution in [-0.2, 0) is 20.9 Å². The van der Waals surface area contributed by atoms with Crippen LogP contribution in [0.1, 0.15) is 25.0 Å². The molecule has 2 N–H and O–H groups in total. The number of para-hydroxylation sites is 1. The van der Waals surface area contributed by atoms with E-state index in [9.17, 15) is 9.59 Å². The van der Waals surface area contributed by atoms with E-state index >= 15 is 0 Å². The van der Waals surface area contributed by atoms with Crippen LogP contribution in [-0.4, -0.2) is 29.7 Å². The van der Waals surface area contributed by atoms with E-state index in [0.29, 0.717) is 4.99 Å². The number of alkyl carbamates (subject to hydrolysis) is 1. The number of hydrogen-bond acceptors (Lipinski definition) is 5. The molecule has 1 atom stereocenters. The van der Waals surface area contributed by atoms with E-state index in [1.807, 2.05) is 60.7 Å². The number of benzene rings is 2. The highest BCUT2D eigenvalue weighted by molar-refractivity contribution is 7.80. The summed E-state index contributed by atoms with van der Waals surface area (Å²) in [6.07, 6.45) is 3.04. The highest BCUT2D eigenvalue weighted by Gasteiger charge is 2.14. The number of hydrogen-bond donors (Lipinski definition) is 2. The van der Waals surface area contributed by atoms with Crippen molar-refractivity contribution in [2.75, 3.05) is 11.9 Å². The van der Waals surface area contributed by atoms with Crippen LogP contribution in [0.4, 0.5) is 10.5 Å². The number of anilines is 1. The Morgan fingerprint density at radius 1 is 1.07 bits per heavy atom. The Balaban J connectivity index is 1.87. The molecule has 2 rings (SSSR count). The molecule has 0 unspecified atom stereocenters. The molecule has 0 aliphatic carbocycles. The van der Waals surface area contributed by atoms with Gasteiger partial charge in [0.2, 0.25) is 0 Å². The number of amides is 1. The van der Waals surface area contributed by atoms with Crippen molar-refractivity contribution in [1.82, 2.24) is 5.32 Å². The van der Waals surface area contributed by atoms with Crippen LogP contribution in [0.3, 0.4) is 0 Å². The molecular weight excluding hydrogens is 388 g/mol. The lowest BCUT2D eigenvalue weighted by Crippen LogP contribution is -2.41. The van der Waals surface area contributed by atoms with Gasteiger partial charge in [0.15, 0.2) is 0 Å². The second kappa shape index (κ2) is 11.6. The van der Waals surface area contributed by atoms with Gasteiger partial charge in [0, 0.05) is 12.6 Å². The Labute approximate surface area is 175 Å². The van der Waals surface area contributed by atoms with Crippen LogP contribution in [0, 0.1) is 0 Å². The normalized spacial score (nSPS) is 11.5. The molecule has 2 aromatic carbocycles. The summed E-state index contributed by atoms with van der Waals surface area (Å²) in [5.41, 5.74) is 2.56. The van der Waals surface area contributed by atoms with Crippen LogP contribution >= 0.6 is 12.2 Å². The van der Waals surface area contributed by atoms with Crippen molar-refractivity contribution >= 4 is 41.0 Å². The standard InChI is InChI=1S/C22H24N2O4S/c1-16(23-22(26)28-15-18-9-4-3-5-10-18)21(29)24-20-13-7-6-11-19(20)12-8-14-27-17(2)25/h3-13,16H,14-15H2,1-2H3,(H,23,26)(H,24,29)/b12-8-/t16-/m0/s1. The van der Waals surface area contributed by atoms with Crippen molar-refractivity contribution in [3.63, 3.8) is 0 Å². The van der Waals surface area contributed by atoms with Crippen molar-refractivity contribution in [2.24, 2.45) is 0 Å². The van der Waals surface area contributed by atoms with Gasteiger partial charge in [-0.15, -0.1) is 0 Å². The molecule has 2 aromatic rings. The summed E-state index contributed by atoms with van der Waals surface area (Å²) in [6.45, 7) is 3.52. The molecule has 0 aliphatic rings. The van der Waals surface area contributed by atoms with Gasteiger partial charge in [-0.05, 0) is 30.2 Å². The summed E-state index contributed by atoms with van der Waals surface area (Å²) in [5.74, 6) is -0.332. The molecule has 7 heteroatoms. The highest BCUT2D eigenvalue weighted by atomic mass is 32.1. The van der Waals surface area contributed by atoms with Gasteiger partial charge in [-0.3, -0.25) is 4.79 Å². The summed E-state index contributed by atoms with van der Waals surface area (Å²) < 4.78 is 10.1. The van der Waals surface area contributed by atoms with E-state index in [2.05, 4.69) is 10.6 Å². The average molecular weight is 413 g/mol. The summed E-state index contributed by atoms with van der Waals surface area (Å²) in [4.78, 5) is 23.3. The largest absolute Gasteiger partial charge is 0.462 e. The minimum atomic E-state index is -0.542. The van der Waals surface area contributed by atoms with Crippen LogP contribution in [0.15, 0.2) is 60.7 Å². The first-order valence-corrected chi connectivity index (χ1v) is 9.53. The van der Waals surface area contributed by atoms with Crippen molar-refractivity contribution in [3.8, 4) is 0 Å². The molecular formula is C22H24N2O4S. The summed E-state index contributed by atoms with van der Waals surface area (Å²) in [6, 6.07) is 16.6. The third-order valence-corrected chi connectivity index (χ3v) is 4.29. The number of nitrogens with one attached hydrogen (secondary N) is 2. The van der Waals surface area contributed by atoms with Crippen LogP contribution in [0.5, 0.6) is 0 Å². The van der Waals surface area contributed by atoms with Crippen molar-refractivity contribution < 1.29 is 19.1 Å². The Hall–Kier alpha value is -3.19. The quantitative estimate of drug-likeness (QED) is 0.497. The third-order valence-electron chi connectivity index (χ3n) is 3.84. The van der Waals surface area contributed by atoms with Gasteiger partial charge < -0.3 is 20.1 Å². The van der Waals surface area contributed by atoms with Crippen LogP contribution < -0.4 is 10.6 Å². The molecule has 0 spiro atoms. The monoisotopic (exact) mass is 412 g/mol. The maximum atomic E-state index is 12.0. The third kappa shape index (κ3) is 8.15. The fraction of sp³-hybridized carbons (Fsp3) is 0.227. The molecule has 29 heavy (non-hydrogen) atoms.